The van der Waals surface area contributed by atoms with E-state index in [0.717, 1.165) is 5.56 Å². The first-order chi connectivity index (χ1) is 16.6. The smallest absolute Gasteiger partial charge is 0.303 e. The Labute approximate surface area is 208 Å². The topological polar surface area (TPSA) is 168 Å². The van der Waals surface area contributed by atoms with Crippen LogP contribution < -0.4 is 21.1 Å². The molecule has 11 nitrogen and oxygen atoms in total. The fourth-order valence-electron chi connectivity index (χ4n) is 3.89. The Morgan fingerprint density at radius 3 is 2.46 bits per heavy atom. The van der Waals surface area contributed by atoms with Crippen LogP contribution in [0.2, 0.25) is 0 Å². The fourth-order valence-corrected chi connectivity index (χ4v) is 4.23. The lowest BCUT2D eigenvalue weighted by Gasteiger charge is -2.39. The number of aliphatic carboxylic acids is 1. The zero-order valence-corrected chi connectivity index (χ0v) is 20.6. The van der Waals surface area contributed by atoms with Gasteiger partial charge < -0.3 is 31.1 Å². The van der Waals surface area contributed by atoms with E-state index in [0.29, 0.717) is 12.2 Å². The minimum Gasteiger partial charge on any atom is -0.497 e. The number of nitrogens with zero attached hydrogens (tertiary/aromatic N) is 1. The van der Waals surface area contributed by atoms with Crippen LogP contribution in [-0.2, 0) is 30.4 Å². The summed E-state index contributed by atoms with van der Waals surface area (Å²) in [5, 5.41) is 14.4. The van der Waals surface area contributed by atoms with Crippen molar-refractivity contribution in [3.63, 3.8) is 0 Å². The van der Waals surface area contributed by atoms with Gasteiger partial charge in [0, 0.05) is 25.4 Å². The highest BCUT2D eigenvalue weighted by Gasteiger charge is 2.37. The maximum absolute atomic E-state index is 13.2. The van der Waals surface area contributed by atoms with Gasteiger partial charge in [0.1, 0.15) is 17.8 Å². The summed E-state index contributed by atoms with van der Waals surface area (Å²) in [5.74, 6) is -2.20. The zero-order valence-electron chi connectivity index (χ0n) is 19.8. The molecule has 1 heterocycles. The molecule has 1 fully saturated rings. The minimum absolute atomic E-state index is 0.138. The molecule has 0 aliphatic carbocycles. The van der Waals surface area contributed by atoms with Crippen molar-refractivity contribution >= 4 is 41.4 Å². The number of likely N-dealkylation sites (tertiary alicyclic amines) is 1. The van der Waals surface area contributed by atoms with Crippen molar-refractivity contribution in [2.45, 2.75) is 50.2 Å². The maximum atomic E-state index is 13.2. The molecule has 4 amide bonds. The number of benzene rings is 1. The lowest BCUT2D eigenvalue weighted by atomic mass is 9.95. The van der Waals surface area contributed by atoms with E-state index in [1.165, 1.54) is 23.8 Å². The molecule has 1 aromatic carbocycles. The number of amides is 4. The van der Waals surface area contributed by atoms with Gasteiger partial charge in [-0.15, -0.1) is 0 Å². The number of rotatable bonds is 12. The van der Waals surface area contributed by atoms with E-state index in [2.05, 4.69) is 10.6 Å². The van der Waals surface area contributed by atoms with E-state index in [9.17, 15) is 24.0 Å². The fraction of sp³-hybridized carbons (Fsp3) is 0.522. The largest absolute Gasteiger partial charge is 0.497 e. The number of nitrogens with two attached hydrogens (primary N) is 1. The summed E-state index contributed by atoms with van der Waals surface area (Å²) in [5.41, 5.74) is 6.28. The average Bonchev–Trinajstić information content (AvgIpc) is 2.82. The Bertz CT molecular complexity index is 925. The predicted octanol–water partition coefficient (Wildman–Crippen LogP) is -0.0886. The first-order valence-corrected chi connectivity index (χ1v) is 12.6. The molecule has 0 spiro atoms. The number of carbonyl (C=O) groups excluding carboxylic acids is 4. The molecule has 3 atom stereocenters. The summed E-state index contributed by atoms with van der Waals surface area (Å²) in [6.07, 6.45) is 1.88. The van der Waals surface area contributed by atoms with Gasteiger partial charge in [-0.2, -0.15) is 11.8 Å². The summed E-state index contributed by atoms with van der Waals surface area (Å²) in [6.45, 7) is 0.167. The van der Waals surface area contributed by atoms with E-state index in [4.69, 9.17) is 15.6 Å². The minimum atomic E-state index is -1.12. The quantitative estimate of drug-likeness (QED) is 0.304. The number of hydrogen-bond donors (Lipinski definition) is 4. The summed E-state index contributed by atoms with van der Waals surface area (Å²) in [4.78, 5) is 62.3. The van der Waals surface area contributed by atoms with Crippen LogP contribution in [0.4, 0.5) is 0 Å². The SMILES string of the molecule is COc1ccc(C[C@H](NC(=O)[C@@H]2C[C@@H](NC(=O)CSC)CCN2C(=O)CCC(=O)O)C(N)=O)cc1. The number of piperidine rings is 1. The van der Waals surface area contributed by atoms with Crippen molar-refractivity contribution in [2.24, 2.45) is 5.73 Å². The molecule has 0 bridgehead atoms. The van der Waals surface area contributed by atoms with Crippen LogP contribution >= 0.6 is 11.8 Å². The normalized spacial score (nSPS) is 18.3. The molecule has 12 heteroatoms. The number of nitrogens with one attached hydrogen (secondary N) is 2. The molecule has 0 aromatic heterocycles. The molecule has 192 valence electrons. The van der Waals surface area contributed by atoms with Crippen LogP contribution in [0.25, 0.3) is 0 Å². The molecule has 0 radical (unpaired) electrons. The average molecular weight is 509 g/mol. The van der Waals surface area contributed by atoms with Crippen molar-refractivity contribution in [1.82, 2.24) is 15.5 Å². The highest BCUT2D eigenvalue weighted by molar-refractivity contribution is 7.99. The van der Waals surface area contributed by atoms with E-state index >= 15 is 0 Å². The summed E-state index contributed by atoms with van der Waals surface area (Å²) in [7, 11) is 1.53. The zero-order chi connectivity index (χ0) is 26.0. The third kappa shape index (κ3) is 8.78. The van der Waals surface area contributed by atoms with Gasteiger partial charge in [-0.25, -0.2) is 0 Å². The second kappa shape index (κ2) is 13.6. The Hall–Kier alpha value is -3.28. The standard InChI is InChI=1S/C23H32N4O7S/c1-34-16-5-3-14(4-6-16)11-17(22(24)32)26-23(33)18-12-15(25-19(28)13-35-2)9-10-27(18)20(29)7-8-21(30)31/h3-6,15,17-18H,7-13H2,1-2H3,(H2,24,32)(H,25,28)(H,26,33)(H,30,31)/t15-,17-,18-/m0/s1. The van der Waals surface area contributed by atoms with E-state index < -0.39 is 35.8 Å². The second-order valence-electron chi connectivity index (χ2n) is 8.23. The highest BCUT2D eigenvalue weighted by atomic mass is 32.2. The van der Waals surface area contributed by atoms with Gasteiger partial charge in [-0.05, 0) is 36.8 Å². The Morgan fingerprint density at radius 2 is 1.89 bits per heavy atom. The number of thioether (sulfide) groups is 1. The van der Waals surface area contributed by atoms with Crippen molar-refractivity contribution in [1.29, 1.82) is 0 Å². The number of methoxy groups -OCH3 is 1. The number of ether oxygens (including phenoxy) is 1. The molecule has 1 aliphatic heterocycles. The lowest BCUT2D eigenvalue weighted by molar-refractivity contribution is -0.146. The first-order valence-electron chi connectivity index (χ1n) is 11.2. The van der Waals surface area contributed by atoms with Gasteiger partial charge in [0.2, 0.25) is 23.6 Å². The van der Waals surface area contributed by atoms with Gasteiger partial charge in [-0.3, -0.25) is 24.0 Å². The van der Waals surface area contributed by atoms with Crippen LogP contribution in [0, 0.1) is 0 Å². The van der Waals surface area contributed by atoms with Crippen LogP contribution in [0.3, 0.4) is 0 Å². The molecule has 1 aliphatic rings. The lowest BCUT2D eigenvalue weighted by Crippen LogP contribution is -2.60. The number of carboxylic acids is 1. The monoisotopic (exact) mass is 508 g/mol. The second-order valence-corrected chi connectivity index (χ2v) is 9.10. The van der Waals surface area contributed by atoms with E-state index in [1.807, 2.05) is 0 Å². The highest BCUT2D eigenvalue weighted by Crippen LogP contribution is 2.21. The van der Waals surface area contributed by atoms with Gasteiger partial charge >= 0.3 is 5.97 Å². The summed E-state index contributed by atoms with van der Waals surface area (Å²) < 4.78 is 5.12. The Kier molecular flexibility index (Phi) is 10.8. The molecular formula is C23H32N4O7S. The molecule has 1 saturated heterocycles. The number of carbonyl (C=O) groups is 5. The Morgan fingerprint density at radius 1 is 1.20 bits per heavy atom. The van der Waals surface area contributed by atoms with Crippen LogP contribution in [0.1, 0.15) is 31.2 Å². The number of primary amides is 1. The molecule has 2 rings (SSSR count). The van der Waals surface area contributed by atoms with E-state index in [-0.39, 0.29) is 49.9 Å². The molecule has 1 aromatic rings. The van der Waals surface area contributed by atoms with Gasteiger partial charge in [0.25, 0.3) is 0 Å². The van der Waals surface area contributed by atoms with Crippen LogP contribution in [0.15, 0.2) is 24.3 Å². The van der Waals surface area contributed by atoms with E-state index in [1.54, 1.807) is 30.5 Å². The first kappa shape index (κ1) is 28.0. The molecule has 5 N–H and O–H groups in total. The number of carboxylic acid groups (broad SMARTS) is 1. The molecular weight excluding hydrogens is 476 g/mol. The van der Waals surface area contributed by atoms with Gasteiger partial charge in [0.05, 0.1) is 19.3 Å². The van der Waals surface area contributed by atoms with Crippen LogP contribution in [-0.4, -0.2) is 83.4 Å². The number of hydrogen-bond acceptors (Lipinski definition) is 7. The summed E-state index contributed by atoms with van der Waals surface area (Å²) in [6, 6.07) is 4.59. The third-order valence-corrected chi connectivity index (χ3v) is 6.23. The van der Waals surface area contributed by atoms with Gasteiger partial charge in [0.15, 0.2) is 0 Å². The third-order valence-electron chi connectivity index (χ3n) is 5.68. The predicted molar refractivity (Wildman–Crippen MR) is 130 cm³/mol. The van der Waals surface area contributed by atoms with Crippen LogP contribution in [0.5, 0.6) is 5.75 Å². The van der Waals surface area contributed by atoms with Crippen molar-refractivity contribution in [2.75, 3.05) is 25.7 Å². The van der Waals surface area contributed by atoms with Crippen molar-refractivity contribution in [3.05, 3.63) is 29.8 Å². The molecule has 0 saturated carbocycles. The maximum Gasteiger partial charge on any atom is 0.303 e. The molecule has 35 heavy (non-hydrogen) atoms. The van der Waals surface area contributed by atoms with Gasteiger partial charge in [-0.1, -0.05) is 12.1 Å². The van der Waals surface area contributed by atoms with Crippen molar-refractivity contribution < 1.29 is 33.8 Å². The van der Waals surface area contributed by atoms with Crippen molar-refractivity contribution in [3.8, 4) is 5.75 Å². The Balaban J connectivity index is 2.16. The molecule has 0 unspecified atom stereocenters. The summed E-state index contributed by atoms with van der Waals surface area (Å²) >= 11 is 1.36.